The van der Waals surface area contributed by atoms with Crippen molar-refractivity contribution >= 4 is 41.5 Å². The van der Waals surface area contributed by atoms with Crippen LogP contribution in [0.2, 0.25) is 0 Å². The second-order valence-electron chi connectivity index (χ2n) is 10.9. The molecule has 0 fully saturated rings. The molecule has 0 aromatic carbocycles. The van der Waals surface area contributed by atoms with Gasteiger partial charge >= 0.3 is 5.97 Å². The Balaban J connectivity index is 4.71. The maximum atomic E-state index is 13.0. The van der Waals surface area contributed by atoms with Gasteiger partial charge in [-0.15, -0.1) is 0 Å². The van der Waals surface area contributed by atoms with Crippen molar-refractivity contribution in [2.45, 2.75) is 101 Å². The molecule has 5 atom stereocenters. The summed E-state index contributed by atoms with van der Waals surface area (Å²) in [6.07, 6.45) is 4.23. The van der Waals surface area contributed by atoms with E-state index in [1.807, 2.05) is 0 Å². The van der Waals surface area contributed by atoms with E-state index in [0.29, 0.717) is 64.5 Å². The van der Waals surface area contributed by atoms with Gasteiger partial charge in [-0.25, -0.2) is 4.79 Å². The quantitative estimate of drug-likeness (QED) is 0.0251. The number of amides is 4. The zero-order valence-electron chi connectivity index (χ0n) is 26.7. The fourth-order valence-corrected chi connectivity index (χ4v) is 4.09. The molecule has 0 spiro atoms. The number of aliphatic imine (C=N–C) groups is 2. The van der Waals surface area contributed by atoms with Gasteiger partial charge in [0.1, 0.15) is 18.1 Å². The fourth-order valence-electron chi connectivity index (χ4n) is 4.09. The summed E-state index contributed by atoms with van der Waals surface area (Å²) in [6.45, 7) is 2.66. The van der Waals surface area contributed by atoms with Gasteiger partial charge in [-0.05, 0) is 77.7 Å². The summed E-state index contributed by atoms with van der Waals surface area (Å²) in [7, 11) is 0. The van der Waals surface area contributed by atoms with Gasteiger partial charge in [0.15, 0.2) is 11.9 Å². The minimum absolute atomic E-state index is 0.0196. The molecule has 19 nitrogen and oxygen atoms in total. The third-order valence-corrected chi connectivity index (χ3v) is 6.77. The smallest absolute Gasteiger partial charge is 0.326 e. The van der Waals surface area contributed by atoms with Crippen LogP contribution in [-0.4, -0.2) is 103 Å². The Morgan fingerprint density at radius 1 is 0.630 bits per heavy atom. The number of carbonyl (C=O) groups excluding carboxylic acids is 4. The molecule has 1 unspecified atom stereocenters. The van der Waals surface area contributed by atoms with Crippen LogP contribution >= 0.6 is 0 Å². The first-order chi connectivity index (χ1) is 21.7. The summed E-state index contributed by atoms with van der Waals surface area (Å²) in [5.74, 6) is -3.57. The van der Waals surface area contributed by atoms with Crippen molar-refractivity contribution in [3.63, 3.8) is 0 Å². The highest BCUT2D eigenvalue weighted by atomic mass is 16.4. The Bertz CT molecular complexity index is 1020. The van der Waals surface area contributed by atoms with Gasteiger partial charge in [0, 0.05) is 19.6 Å². The number of carboxylic acid groups (broad SMARTS) is 1. The molecule has 19 heteroatoms. The van der Waals surface area contributed by atoms with Gasteiger partial charge in [-0.2, -0.15) is 0 Å². The second-order valence-corrected chi connectivity index (χ2v) is 10.9. The van der Waals surface area contributed by atoms with E-state index >= 15 is 0 Å². The van der Waals surface area contributed by atoms with Gasteiger partial charge < -0.3 is 66.5 Å². The normalized spacial score (nSPS) is 14.0. The number of nitrogens with zero attached hydrogens (tertiary/aromatic N) is 2. The lowest BCUT2D eigenvalue weighted by Gasteiger charge is -2.23. The third kappa shape index (κ3) is 19.9. The molecular weight excluding hydrogens is 602 g/mol. The Morgan fingerprint density at radius 3 is 1.72 bits per heavy atom. The van der Waals surface area contributed by atoms with Crippen LogP contribution in [0.4, 0.5) is 0 Å². The minimum atomic E-state index is -1.25. The molecule has 0 radical (unpaired) electrons. The van der Waals surface area contributed by atoms with Gasteiger partial charge in [0.05, 0.1) is 12.1 Å². The molecule has 0 aromatic heterocycles. The average molecular weight is 658 g/mol. The van der Waals surface area contributed by atoms with Gasteiger partial charge in [0.25, 0.3) is 0 Å². The first kappa shape index (κ1) is 41.8. The number of guanidine groups is 2. The number of hydrogen-bond donors (Lipinski definition) is 12. The molecule has 264 valence electrons. The monoisotopic (exact) mass is 657 g/mol. The van der Waals surface area contributed by atoms with Crippen LogP contribution in [0.3, 0.4) is 0 Å². The lowest BCUT2D eigenvalue weighted by atomic mass is 10.1. The minimum Gasteiger partial charge on any atom is -0.480 e. The standard InChI is InChI=1S/C27H55N13O6/c1-16(21(41)40-20(25(45)46)11-7-15-37-27(33)34)38-24(44)19(10-6-12-28)39-23(43)18(30)9-2-4-13-35-22(42)17(29)8-3-5-14-36-26(31)32/h16-20H,2-15,28-30H2,1H3,(H,35,42)(H,38,44)(H,39,43)(H,40,41)(H,45,46)(H4,31,32,36)(H4,33,34,37)/t16-,17?,18-,19-,20-/m0/s1. The molecule has 0 aliphatic carbocycles. The molecule has 0 aliphatic heterocycles. The highest BCUT2D eigenvalue weighted by Gasteiger charge is 2.28. The summed E-state index contributed by atoms with van der Waals surface area (Å²) < 4.78 is 0. The molecule has 19 N–H and O–H groups in total. The molecule has 0 heterocycles. The predicted octanol–water partition coefficient (Wildman–Crippen LogP) is -4.28. The highest BCUT2D eigenvalue weighted by Crippen LogP contribution is 2.05. The number of nitrogens with two attached hydrogens (primary N) is 7. The lowest BCUT2D eigenvalue weighted by molar-refractivity contribution is -0.142. The molecular formula is C27H55N13O6. The summed E-state index contributed by atoms with van der Waals surface area (Å²) in [5.41, 5.74) is 38.6. The molecule has 0 bridgehead atoms. The van der Waals surface area contributed by atoms with Crippen molar-refractivity contribution in [1.29, 1.82) is 0 Å². The van der Waals surface area contributed by atoms with Crippen molar-refractivity contribution in [1.82, 2.24) is 21.3 Å². The number of rotatable bonds is 25. The summed E-state index contributed by atoms with van der Waals surface area (Å²) in [5, 5.41) is 19.7. The molecule has 0 saturated heterocycles. The summed E-state index contributed by atoms with van der Waals surface area (Å²) in [4.78, 5) is 69.7. The summed E-state index contributed by atoms with van der Waals surface area (Å²) in [6, 6.07) is -4.92. The highest BCUT2D eigenvalue weighted by molar-refractivity contribution is 5.93. The van der Waals surface area contributed by atoms with E-state index < -0.39 is 53.9 Å². The summed E-state index contributed by atoms with van der Waals surface area (Å²) >= 11 is 0. The maximum Gasteiger partial charge on any atom is 0.326 e. The molecule has 0 aliphatic rings. The Morgan fingerprint density at radius 2 is 1.15 bits per heavy atom. The van der Waals surface area contributed by atoms with Crippen molar-refractivity contribution < 1.29 is 29.1 Å². The largest absolute Gasteiger partial charge is 0.480 e. The number of aliphatic carboxylic acids is 1. The number of nitrogens with one attached hydrogen (secondary N) is 4. The number of hydrogen-bond acceptors (Lipinski definition) is 10. The van der Waals surface area contributed by atoms with Crippen LogP contribution in [0, 0.1) is 0 Å². The molecule has 46 heavy (non-hydrogen) atoms. The second kappa shape index (κ2) is 24.1. The van der Waals surface area contributed by atoms with Crippen LogP contribution in [0.1, 0.15) is 71.1 Å². The number of unbranched alkanes of at least 4 members (excludes halogenated alkanes) is 2. The van der Waals surface area contributed by atoms with Crippen LogP contribution in [-0.2, 0) is 24.0 Å². The third-order valence-electron chi connectivity index (χ3n) is 6.77. The van der Waals surface area contributed by atoms with Gasteiger partial charge in [-0.3, -0.25) is 29.2 Å². The zero-order chi connectivity index (χ0) is 35.1. The Kier molecular flexibility index (Phi) is 21.8. The maximum absolute atomic E-state index is 13.0. The molecule has 4 amide bonds. The van der Waals surface area contributed by atoms with E-state index in [1.165, 1.54) is 6.92 Å². The van der Waals surface area contributed by atoms with E-state index in [4.69, 9.17) is 40.1 Å². The van der Waals surface area contributed by atoms with Crippen LogP contribution in [0.5, 0.6) is 0 Å². The molecule has 0 saturated carbocycles. The van der Waals surface area contributed by atoms with Crippen LogP contribution in [0.15, 0.2) is 9.98 Å². The van der Waals surface area contributed by atoms with E-state index in [9.17, 15) is 29.1 Å². The topological polar surface area (TPSA) is 361 Å². The van der Waals surface area contributed by atoms with E-state index in [-0.39, 0.29) is 43.8 Å². The van der Waals surface area contributed by atoms with E-state index in [1.54, 1.807) is 0 Å². The fraction of sp³-hybridized carbons (Fsp3) is 0.741. The van der Waals surface area contributed by atoms with Gasteiger partial charge in [-0.1, -0.05) is 0 Å². The molecule has 0 rings (SSSR count). The van der Waals surface area contributed by atoms with E-state index in [0.717, 1.165) is 0 Å². The van der Waals surface area contributed by atoms with Crippen molar-refractivity contribution in [2.75, 3.05) is 26.2 Å². The predicted molar refractivity (Wildman–Crippen MR) is 175 cm³/mol. The molecule has 0 aromatic rings. The number of carbonyl (C=O) groups is 5. The number of carboxylic acids is 1. The zero-order valence-corrected chi connectivity index (χ0v) is 26.7. The van der Waals surface area contributed by atoms with Crippen LogP contribution in [0.25, 0.3) is 0 Å². The first-order valence-electron chi connectivity index (χ1n) is 15.4. The lowest BCUT2D eigenvalue weighted by Crippen LogP contribution is -2.56. The first-order valence-corrected chi connectivity index (χ1v) is 15.4. The van der Waals surface area contributed by atoms with Crippen molar-refractivity contribution in [3.05, 3.63) is 0 Å². The Labute approximate surface area is 269 Å². The average Bonchev–Trinajstić information content (AvgIpc) is 2.99. The SMILES string of the molecule is C[C@H](NC(=O)[C@H](CCCN)NC(=O)[C@@H](N)CCCCNC(=O)C(N)CCCCN=C(N)N)C(=O)N[C@@H](CCCN=C(N)N)C(=O)O. The van der Waals surface area contributed by atoms with Gasteiger partial charge in [0.2, 0.25) is 23.6 Å². The van der Waals surface area contributed by atoms with Crippen molar-refractivity contribution in [3.8, 4) is 0 Å². The van der Waals surface area contributed by atoms with Crippen molar-refractivity contribution in [2.24, 2.45) is 50.1 Å². The Hall–Kier alpha value is -4.23. The van der Waals surface area contributed by atoms with Crippen LogP contribution < -0.4 is 61.4 Å². The van der Waals surface area contributed by atoms with E-state index in [2.05, 4.69) is 31.3 Å².